The summed E-state index contributed by atoms with van der Waals surface area (Å²) in [6.45, 7) is 1.25. The van der Waals surface area contributed by atoms with E-state index in [9.17, 15) is 13.2 Å². The quantitative estimate of drug-likeness (QED) is 0.678. The average molecular weight is 426 g/mol. The normalized spacial score (nSPS) is 15.1. The van der Waals surface area contributed by atoms with Gasteiger partial charge >= 0.3 is 0 Å². The van der Waals surface area contributed by atoms with Crippen LogP contribution < -0.4 is 10.1 Å². The summed E-state index contributed by atoms with van der Waals surface area (Å²) in [4.78, 5) is 12.8. The topological polar surface area (TPSA) is 84.9 Å². The van der Waals surface area contributed by atoms with Crippen LogP contribution in [0.1, 0.15) is 10.4 Å². The van der Waals surface area contributed by atoms with Crippen LogP contribution in [0.2, 0.25) is 0 Å². The van der Waals surface area contributed by atoms with Gasteiger partial charge in [-0.25, -0.2) is 8.42 Å². The zero-order valence-electron chi connectivity index (χ0n) is 16.5. The predicted molar refractivity (Wildman–Crippen MR) is 114 cm³/mol. The Kier molecular flexibility index (Phi) is 5.72. The monoisotopic (exact) mass is 426 g/mol. The van der Waals surface area contributed by atoms with Crippen molar-refractivity contribution in [3.8, 4) is 5.75 Å². The van der Waals surface area contributed by atoms with Gasteiger partial charge in [-0.1, -0.05) is 30.3 Å². The summed E-state index contributed by atoms with van der Waals surface area (Å²) in [6, 6.07) is 17.8. The maximum atomic E-state index is 13.1. The van der Waals surface area contributed by atoms with Crippen LogP contribution in [-0.4, -0.2) is 52.0 Å². The molecular weight excluding hydrogens is 404 g/mol. The number of nitrogens with one attached hydrogen (secondary N) is 1. The van der Waals surface area contributed by atoms with E-state index in [0.717, 1.165) is 10.8 Å². The van der Waals surface area contributed by atoms with Crippen molar-refractivity contribution >= 4 is 32.4 Å². The van der Waals surface area contributed by atoms with Gasteiger partial charge in [0.15, 0.2) is 0 Å². The Morgan fingerprint density at radius 1 is 1.00 bits per heavy atom. The summed E-state index contributed by atoms with van der Waals surface area (Å²) < 4.78 is 38.1. The third-order valence-electron chi connectivity index (χ3n) is 5.02. The van der Waals surface area contributed by atoms with E-state index in [2.05, 4.69) is 5.32 Å². The molecule has 1 heterocycles. The summed E-state index contributed by atoms with van der Waals surface area (Å²) in [6.07, 6.45) is 0. The number of carbonyl (C=O) groups excluding carboxylic acids is 1. The number of fused-ring (bicyclic) bond motifs is 1. The number of amides is 1. The minimum Gasteiger partial charge on any atom is -0.495 e. The summed E-state index contributed by atoms with van der Waals surface area (Å²) in [5.74, 6) is -0.0918. The van der Waals surface area contributed by atoms with Gasteiger partial charge in [-0.2, -0.15) is 4.31 Å². The lowest BCUT2D eigenvalue weighted by Gasteiger charge is -2.26. The Bertz CT molecular complexity index is 1190. The number of morpholine rings is 1. The van der Waals surface area contributed by atoms with Crippen LogP contribution in [0.5, 0.6) is 5.75 Å². The molecule has 0 bridgehead atoms. The van der Waals surface area contributed by atoms with E-state index in [1.807, 2.05) is 30.3 Å². The van der Waals surface area contributed by atoms with E-state index in [-0.39, 0.29) is 29.6 Å². The van der Waals surface area contributed by atoms with Crippen LogP contribution in [0.15, 0.2) is 65.6 Å². The molecule has 0 unspecified atom stereocenters. The molecule has 0 radical (unpaired) electrons. The zero-order chi connectivity index (χ0) is 21.1. The summed E-state index contributed by atoms with van der Waals surface area (Å²) >= 11 is 0. The maximum absolute atomic E-state index is 13.1. The highest BCUT2D eigenvalue weighted by Crippen LogP contribution is 2.30. The van der Waals surface area contributed by atoms with Gasteiger partial charge in [-0.3, -0.25) is 4.79 Å². The Balaban J connectivity index is 1.62. The molecule has 1 amide bonds. The molecule has 1 N–H and O–H groups in total. The summed E-state index contributed by atoms with van der Waals surface area (Å²) in [7, 11) is -2.36. The van der Waals surface area contributed by atoms with Crippen molar-refractivity contribution < 1.29 is 22.7 Å². The molecule has 1 saturated heterocycles. The molecule has 1 fully saturated rings. The van der Waals surface area contributed by atoms with Gasteiger partial charge in [0.1, 0.15) is 10.6 Å². The number of sulfonamides is 1. The van der Waals surface area contributed by atoms with Gasteiger partial charge in [0.2, 0.25) is 10.0 Å². The number of methoxy groups -OCH3 is 1. The molecule has 0 aliphatic carbocycles. The molecule has 0 spiro atoms. The maximum Gasteiger partial charge on any atom is 0.255 e. The van der Waals surface area contributed by atoms with Gasteiger partial charge < -0.3 is 14.8 Å². The molecule has 0 aromatic heterocycles. The summed E-state index contributed by atoms with van der Waals surface area (Å²) in [5, 5.41) is 4.78. The highest BCUT2D eigenvalue weighted by molar-refractivity contribution is 7.89. The van der Waals surface area contributed by atoms with E-state index in [4.69, 9.17) is 9.47 Å². The standard InChI is InChI=1S/C22H22N2O5S/c1-28-20-9-8-19(15-21(20)30(26,27)24-10-12-29-13-11-24)23-22(25)18-7-6-16-4-2-3-5-17(16)14-18/h2-9,14-15H,10-13H2,1H3,(H,23,25). The first-order chi connectivity index (χ1) is 14.5. The lowest BCUT2D eigenvalue weighted by molar-refractivity contribution is 0.0729. The van der Waals surface area contributed by atoms with Crippen LogP contribution in [0.4, 0.5) is 5.69 Å². The first-order valence-electron chi connectivity index (χ1n) is 9.55. The number of benzene rings is 3. The van der Waals surface area contributed by atoms with Crippen molar-refractivity contribution in [3.05, 3.63) is 66.2 Å². The van der Waals surface area contributed by atoms with Crippen LogP contribution >= 0.6 is 0 Å². The molecule has 3 aromatic carbocycles. The van der Waals surface area contributed by atoms with E-state index < -0.39 is 10.0 Å². The first kappa shape index (κ1) is 20.3. The second kappa shape index (κ2) is 8.43. The minimum absolute atomic E-state index is 0.0169. The zero-order valence-corrected chi connectivity index (χ0v) is 17.3. The van der Waals surface area contributed by atoms with Crippen molar-refractivity contribution in [1.82, 2.24) is 4.31 Å². The van der Waals surface area contributed by atoms with Crippen LogP contribution in [-0.2, 0) is 14.8 Å². The first-order valence-corrected chi connectivity index (χ1v) is 11.0. The van der Waals surface area contributed by atoms with Gasteiger partial charge in [0.05, 0.1) is 20.3 Å². The molecule has 1 aliphatic rings. The fraction of sp³-hybridized carbons (Fsp3) is 0.227. The molecule has 4 rings (SSSR count). The number of anilines is 1. The Labute approximate surface area is 175 Å². The molecule has 156 valence electrons. The number of nitrogens with zero attached hydrogens (tertiary/aromatic N) is 1. The summed E-state index contributed by atoms with van der Waals surface area (Å²) in [5.41, 5.74) is 0.864. The van der Waals surface area contributed by atoms with Crippen molar-refractivity contribution in [1.29, 1.82) is 0 Å². The lowest BCUT2D eigenvalue weighted by atomic mass is 10.1. The fourth-order valence-corrected chi connectivity index (χ4v) is 5.01. The number of ether oxygens (including phenoxy) is 2. The molecule has 1 aliphatic heterocycles. The van der Waals surface area contributed by atoms with Crippen LogP contribution in [0.25, 0.3) is 10.8 Å². The molecule has 7 nitrogen and oxygen atoms in total. The SMILES string of the molecule is COc1ccc(NC(=O)c2ccc3ccccc3c2)cc1S(=O)(=O)N1CCOCC1. The fourth-order valence-electron chi connectivity index (χ4n) is 3.42. The largest absolute Gasteiger partial charge is 0.495 e. The number of hydrogen-bond donors (Lipinski definition) is 1. The third-order valence-corrected chi connectivity index (χ3v) is 6.94. The molecule has 0 saturated carbocycles. The Hall–Kier alpha value is -2.94. The molecule has 8 heteroatoms. The molecule has 30 heavy (non-hydrogen) atoms. The third kappa shape index (κ3) is 4.02. The van der Waals surface area contributed by atoms with Crippen molar-refractivity contribution in [2.24, 2.45) is 0 Å². The second-order valence-corrected chi connectivity index (χ2v) is 8.80. The highest BCUT2D eigenvalue weighted by Gasteiger charge is 2.29. The number of hydrogen-bond acceptors (Lipinski definition) is 5. The Morgan fingerprint density at radius 3 is 2.47 bits per heavy atom. The van der Waals surface area contributed by atoms with Crippen molar-refractivity contribution in [2.45, 2.75) is 4.90 Å². The number of rotatable bonds is 5. The van der Waals surface area contributed by atoms with Crippen LogP contribution in [0, 0.1) is 0 Å². The van der Waals surface area contributed by atoms with E-state index in [0.29, 0.717) is 24.5 Å². The van der Waals surface area contributed by atoms with Crippen molar-refractivity contribution in [2.75, 3.05) is 38.7 Å². The van der Waals surface area contributed by atoms with Crippen LogP contribution in [0.3, 0.4) is 0 Å². The van der Waals surface area contributed by atoms with Gasteiger partial charge in [-0.15, -0.1) is 0 Å². The van der Waals surface area contributed by atoms with E-state index in [1.54, 1.807) is 24.3 Å². The average Bonchev–Trinajstić information content (AvgIpc) is 2.79. The number of carbonyl (C=O) groups is 1. The molecule has 0 atom stereocenters. The van der Waals surface area contributed by atoms with Gasteiger partial charge in [0, 0.05) is 24.3 Å². The molecule has 3 aromatic rings. The van der Waals surface area contributed by atoms with Crippen molar-refractivity contribution in [3.63, 3.8) is 0 Å². The Morgan fingerprint density at radius 2 is 1.73 bits per heavy atom. The smallest absolute Gasteiger partial charge is 0.255 e. The minimum atomic E-state index is -3.78. The van der Waals surface area contributed by atoms with E-state index >= 15 is 0 Å². The van der Waals surface area contributed by atoms with E-state index in [1.165, 1.54) is 17.5 Å². The highest BCUT2D eigenvalue weighted by atomic mass is 32.2. The van der Waals surface area contributed by atoms with Gasteiger partial charge in [-0.05, 0) is 41.1 Å². The predicted octanol–water partition coefficient (Wildman–Crippen LogP) is 3.12. The lowest BCUT2D eigenvalue weighted by Crippen LogP contribution is -2.40. The molecular formula is C22H22N2O5S. The second-order valence-electron chi connectivity index (χ2n) is 6.90. The van der Waals surface area contributed by atoms with Gasteiger partial charge in [0.25, 0.3) is 5.91 Å².